The lowest BCUT2D eigenvalue weighted by molar-refractivity contribution is 0.122. The minimum Gasteiger partial charge on any atom is -0.389 e. The highest BCUT2D eigenvalue weighted by Crippen LogP contribution is 2.06. The summed E-state index contributed by atoms with van der Waals surface area (Å²) < 4.78 is 6.95. The zero-order valence-electron chi connectivity index (χ0n) is 8.18. The van der Waals surface area contributed by atoms with Gasteiger partial charge in [0.25, 0.3) is 0 Å². The van der Waals surface area contributed by atoms with Crippen molar-refractivity contribution in [2.45, 2.75) is 18.7 Å². The van der Waals surface area contributed by atoms with Crippen molar-refractivity contribution in [3.63, 3.8) is 0 Å². The van der Waals surface area contributed by atoms with Crippen LogP contribution < -0.4 is 5.32 Å². The number of rotatable bonds is 3. The second-order valence-corrected chi connectivity index (χ2v) is 3.54. The smallest absolute Gasteiger partial charge is 0.0948 e. The van der Waals surface area contributed by atoms with Crippen molar-refractivity contribution in [1.82, 2.24) is 15.1 Å². The van der Waals surface area contributed by atoms with Crippen LogP contribution in [0, 0.1) is 0 Å². The van der Waals surface area contributed by atoms with Crippen LogP contribution >= 0.6 is 0 Å². The number of hydrogen-bond donors (Lipinski definition) is 2. The van der Waals surface area contributed by atoms with E-state index in [4.69, 9.17) is 4.74 Å². The molecule has 0 aliphatic carbocycles. The molecule has 0 spiro atoms. The molecule has 1 aromatic rings. The minimum atomic E-state index is -0.386. The van der Waals surface area contributed by atoms with Gasteiger partial charge in [0.05, 0.1) is 31.1 Å². The largest absolute Gasteiger partial charge is 0.389 e. The Bertz CT molecular complexity index is 300. The Morgan fingerprint density at radius 1 is 1.71 bits per heavy atom. The standard InChI is InChI=1S/C9H15N3O2/c1-12-7(2-3-11-12)4-10-8-5-14-6-9(8)13/h2-3,8-10,13H,4-6H2,1H3/t8-,9-/m1/s1. The number of aliphatic hydroxyl groups excluding tert-OH is 1. The van der Waals surface area contributed by atoms with Gasteiger partial charge in [-0.15, -0.1) is 0 Å². The molecule has 0 saturated carbocycles. The van der Waals surface area contributed by atoms with E-state index in [1.54, 1.807) is 6.20 Å². The molecule has 0 aromatic carbocycles. The highest BCUT2D eigenvalue weighted by molar-refractivity contribution is 5.00. The van der Waals surface area contributed by atoms with Gasteiger partial charge in [0.1, 0.15) is 0 Å². The van der Waals surface area contributed by atoms with Gasteiger partial charge in [0.2, 0.25) is 0 Å². The van der Waals surface area contributed by atoms with E-state index in [1.165, 1.54) is 0 Å². The number of nitrogens with zero attached hydrogens (tertiary/aromatic N) is 2. The zero-order chi connectivity index (χ0) is 9.97. The predicted molar refractivity (Wildman–Crippen MR) is 50.7 cm³/mol. The van der Waals surface area contributed by atoms with Crippen LogP contribution in [0.2, 0.25) is 0 Å². The highest BCUT2D eigenvalue weighted by atomic mass is 16.5. The Hall–Kier alpha value is -0.910. The van der Waals surface area contributed by atoms with Gasteiger partial charge in [-0.1, -0.05) is 0 Å². The fraction of sp³-hybridized carbons (Fsp3) is 0.667. The predicted octanol–water partition coefficient (Wildman–Crippen LogP) is -0.731. The molecule has 5 nitrogen and oxygen atoms in total. The molecule has 2 heterocycles. The summed E-state index contributed by atoms with van der Waals surface area (Å²) in [5.41, 5.74) is 1.10. The Labute approximate surface area is 82.7 Å². The minimum absolute atomic E-state index is 0.0462. The molecule has 2 N–H and O–H groups in total. The Morgan fingerprint density at radius 2 is 2.57 bits per heavy atom. The summed E-state index contributed by atoms with van der Waals surface area (Å²) in [4.78, 5) is 0. The fourth-order valence-electron chi connectivity index (χ4n) is 1.55. The third-order valence-electron chi connectivity index (χ3n) is 2.52. The van der Waals surface area contributed by atoms with Crippen molar-refractivity contribution in [2.75, 3.05) is 13.2 Å². The van der Waals surface area contributed by atoms with Gasteiger partial charge < -0.3 is 15.2 Å². The van der Waals surface area contributed by atoms with Crippen LogP contribution in [0.4, 0.5) is 0 Å². The van der Waals surface area contributed by atoms with Gasteiger partial charge in [-0.05, 0) is 6.07 Å². The summed E-state index contributed by atoms with van der Waals surface area (Å²) in [6, 6.07) is 2.00. The quantitative estimate of drug-likeness (QED) is 0.670. The molecule has 1 aliphatic rings. The van der Waals surface area contributed by atoms with E-state index >= 15 is 0 Å². The van der Waals surface area contributed by atoms with Crippen LogP contribution in [0.1, 0.15) is 5.69 Å². The summed E-state index contributed by atoms with van der Waals surface area (Å²) in [5.74, 6) is 0. The van der Waals surface area contributed by atoms with Gasteiger partial charge in [-0.3, -0.25) is 4.68 Å². The third kappa shape index (κ3) is 1.95. The van der Waals surface area contributed by atoms with Crippen molar-refractivity contribution in [3.8, 4) is 0 Å². The molecule has 78 valence electrons. The van der Waals surface area contributed by atoms with Gasteiger partial charge >= 0.3 is 0 Å². The first kappa shape index (κ1) is 9.64. The Balaban J connectivity index is 1.85. The number of aromatic nitrogens is 2. The summed E-state index contributed by atoms with van der Waals surface area (Å²) >= 11 is 0. The van der Waals surface area contributed by atoms with Crippen molar-refractivity contribution >= 4 is 0 Å². The normalized spacial score (nSPS) is 27.0. The number of aryl methyl sites for hydroxylation is 1. The average Bonchev–Trinajstić information content (AvgIpc) is 2.72. The lowest BCUT2D eigenvalue weighted by Crippen LogP contribution is -2.38. The van der Waals surface area contributed by atoms with Gasteiger partial charge in [-0.2, -0.15) is 5.10 Å². The molecule has 1 saturated heterocycles. The molecule has 0 amide bonds. The molecular formula is C9H15N3O2. The Morgan fingerprint density at radius 3 is 3.14 bits per heavy atom. The average molecular weight is 197 g/mol. The van der Waals surface area contributed by atoms with E-state index in [1.807, 2.05) is 17.8 Å². The molecule has 1 aliphatic heterocycles. The first-order chi connectivity index (χ1) is 6.77. The van der Waals surface area contributed by atoms with Gasteiger partial charge in [0.15, 0.2) is 0 Å². The summed E-state index contributed by atoms with van der Waals surface area (Å²) in [6.07, 6.45) is 1.38. The van der Waals surface area contributed by atoms with E-state index in [0.29, 0.717) is 19.8 Å². The first-order valence-corrected chi connectivity index (χ1v) is 4.73. The monoisotopic (exact) mass is 197 g/mol. The molecule has 5 heteroatoms. The summed E-state index contributed by atoms with van der Waals surface area (Å²) in [5, 5.41) is 16.8. The number of hydrogen-bond acceptors (Lipinski definition) is 4. The number of ether oxygens (including phenoxy) is 1. The first-order valence-electron chi connectivity index (χ1n) is 4.73. The van der Waals surface area contributed by atoms with Crippen molar-refractivity contribution < 1.29 is 9.84 Å². The summed E-state index contributed by atoms with van der Waals surface area (Å²) in [6.45, 7) is 1.73. The molecule has 1 aromatic heterocycles. The third-order valence-corrected chi connectivity index (χ3v) is 2.52. The lowest BCUT2D eigenvalue weighted by atomic mass is 10.2. The van der Waals surface area contributed by atoms with E-state index < -0.39 is 0 Å². The maximum Gasteiger partial charge on any atom is 0.0948 e. The Kier molecular flexibility index (Phi) is 2.81. The molecule has 2 rings (SSSR count). The van der Waals surface area contributed by atoms with Crippen molar-refractivity contribution in [2.24, 2.45) is 7.05 Å². The molecular weight excluding hydrogens is 182 g/mol. The number of nitrogens with one attached hydrogen (secondary N) is 1. The van der Waals surface area contributed by atoms with E-state index in [2.05, 4.69) is 10.4 Å². The topological polar surface area (TPSA) is 59.3 Å². The maximum absolute atomic E-state index is 9.48. The lowest BCUT2D eigenvalue weighted by Gasteiger charge is -2.14. The molecule has 0 bridgehead atoms. The van der Waals surface area contributed by atoms with Crippen LogP contribution in [-0.2, 0) is 18.3 Å². The highest BCUT2D eigenvalue weighted by Gasteiger charge is 2.25. The summed E-state index contributed by atoms with van der Waals surface area (Å²) in [7, 11) is 1.90. The fourth-order valence-corrected chi connectivity index (χ4v) is 1.55. The molecule has 1 fully saturated rings. The molecule has 0 radical (unpaired) electrons. The van der Waals surface area contributed by atoms with Crippen LogP contribution in [0.15, 0.2) is 12.3 Å². The second-order valence-electron chi connectivity index (χ2n) is 3.54. The van der Waals surface area contributed by atoms with Crippen LogP contribution in [0.5, 0.6) is 0 Å². The second kappa shape index (κ2) is 4.08. The van der Waals surface area contributed by atoms with Gasteiger partial charge in [0, 0.05) is 19.8 Å². The zero-order valence-corrected chi connectivity index (χ0v) is 8.18. The number of aliphatic hydroxyl groups is 1. The van der Waals surface area contributed by atoms with Crippen molar-refractivity contribution in [1.29, 1.82) is 0 Å². The van der Waals surface area contributed by atoms with Crippen LogP contribution in [0.25, 0.3) is 0 Å². The van der Waals surface area contributed by atoms with E-state index in [0.717, 1.165) is 5.69 Å². The van der Waals surface area contributed by atoms with E-state index in [9.17, 15) is 5.11 Å². The molecule has 0 unspecified atom stereocenters. The molecule has 14 heavy (non-hydrogen) atoms. The van der Waals surface area contributed by atoms with Crippen LogP contribution in [0.3, 0.4) is 0 Å². The van der Waals surface area contributed by atoms with Gasteiger partial charge in [-0.25, -0.2) is 0 Å². The SMILES string of the molecule is Cn1nccc1CN[C@@H]1COC[C@H]1O. The van der Waals surface area contributed by atoms with E-state index in [-0.39, 0.29) is 12.1 Å². The van der Waals surface area contributed by atoms with Crippen molar-refractivity contribution in [3.05, 3.63) is 18.0 Å². The maximum atomic E-state index is 9.48. The van der Waals surface area contributed by atoms with Crippen LogP contribution in [-0.4, -0.2) is 40.2 Å². The molecule has 2 atom stereocenters.